The second-order valence-corrected chi connectivity index (χ2v) is 3.33. The molecule has 1 aromatic rings. The summed E-state index contributed by atoms with van der Waals surface area (Å²) in [5.74, 6) is 0.666. The van der Waals surface area contributed by atoms with Crippen LogP contribution in [0.1, 0.15) is 12.0 Å². The Bertz CT molecular complexity index is 304. The molecule has 0 amide bonds. The molecular weight excluding hydrogens is 258 g/mol. The molecule has 0 N–H and O–H groups in total. The summed E-state index contributed by atoms with van der Waals surface area (Å²) in [4.78, 5) is 0. The molecule has 0 aromatic heterocycles. The lowest BCUT2D eigenvalue weighted by Crippen LogP contribution is -1.93. The average Bonchev–Trinajstić information content (AvgIpc) is 2.17. The first-order chi connectivity index (χ1) is 6.60. The highest BCUT2D eigenvalue weighted by atomic mass is 79.9. The summed E-state index contributed by atoms with van der Waals surface area (Å²) in [7, 11) is 2.82. The van der Waals surface area contributed by atoms with Crippen molar-refractivity contribution in [3.8, 4) is 11.5 Å². The average molecular weight is 267 g/mol. The number of benzene rings is 1. The quantitative estimate of drug-likeness (QED) is 0.835. The van der Waals surface area contributed by atoms with E-state index in [1.165, 1.54) is 26.4 Å². The van der Waals surface area contributed by atoms with Crippen molar-refractivity contribution in [2.75, 3.05) is 14.2 Å². The third-order valence-electron chi connectivity index (χ3n) is 1.72. The molecule has 0 fully saturated rings. The van der Waals surface area contributed by atoms with Gasteiger partial charge in [0.15, 0.2) is 0 Å². The summed E-state index contributed by atoms with van der Waals surface area (Å²) in [5, 5.41) is 0. The zero-order valence-corrected chi connectivity index (χ0v) is 9.27. The summed E-state index contributed by atoms with van der Waals surface area (Å²) in [5.41, 5.74) is -0.123. The van der Waals surface area contributed by atoms with E-state index >= 15 is 0 Å². The Morgan fingerprint density at radius 2 is 1.57 bits per heavy atom. The van der Waals surface area contributed by atoms with Gasteiger partial charge in [0.1, 0.15) is 16.0 Å². The molecule has 0 radical (unpaired) electrons. The highest BCUT2D eigenvalue weighted by molar-refractivity contribution is 9.10. The molecule has 0 spiro atoms. The second kappa shape index (κ2) is 4.59. The van der Waals surface area contributed by atoms with Crippen LogP contribution in [0.25, 0.3) is 0 Å². The Kier molecular flexibility index (Phi) is 3.69. The number of ether oxygens (including phenoxy) is 2. The van der Waals surface area contributed by atoms with Crippen molar-refractivity contribution in [2.24, 2.45) is 0 Å². The molecule has 0 aliphatic rings. The third-order valence-corrected chi connectivity index (χ3v) is 2.50. The predicted molar refractivity (Wildman–Crippen MR) is 52.2 cm³/mol. The zero-order chi connectivity index (χ0) is 10.7. The fraction of sp³-hybridized carbons (Fsp3) is 0.333. The van der Waals surface area contributed by atoms with Crippen LogP contribution in [0.3, 0.4) is 0 Å². The molecule has 0 saturated carbocycles. The Labute approximate surface area is 89.0 Å². The molecular formula is C9H9BrF2O2. The van der Waals surface area contributed by atoms with Crippen molar-refractivity contribution < 1.29 is 18.3 Å². The molecule has 1 rings (SSSR count). The lowest BCUT2D eigenvalue weighted by molar-refractivity contribution is 0.150. The molecule has 0 aliphatic heterocycles. The van der Waals surface area contributed by atoms with Gasteiger partial charge >= 0.3 is 0 Å². The number of methoxy groups -OCH3 is 2. The predicted octanol–water partition coefficient (Wildman–Crippen LogP) is 3.40. The minimum atomic E-state index is -2.54. The van der Waals surface area contributed by atoms with Crippen molar-refractivity contribution in [3.63, 3.8) is 0 Å². The molecule has 78 valence electrons. The van der Waals surface area contributed by atoms with Gasteiger partial charge in [0, 0.05) is 5.56 Å². The van der Waals surface area contributed by atoms with E-state index in [4.69, 9.17) is 9.47 Å². The summed E-state index contributed by atoms with van der Waals surface area (Å²) >= 11 is 3.19. The van der Waals surface area contributed by atoms with E-state index in [1.54, 1.807) is 0 Å². The summed E-state index contributed by atoms with van der Waals surface area (Å²) in [6, 6.07) is 2.55. The first-order valence-electron chi connectivity index (χ1n) is 3.79. The molecule has 0 bridgehead atoms. The maximum Gasteiger partial charge on any atom is 0.264 e. The first-order valence-corrected chi connectivity index (χ1v) is 4.59. The van der Waals surface area contributed by atoms with Crippen LogP contribution in [0.4, 0.5) is 8.78 Å². The van der Waals surface area contributed by atoms with Crippen molar-refractivity contribution in [2.45, 2.75) is 6.43 Å². The third kappa shape index (κ3) is 2.15. The van der Waals surface area contributed by atoms with Gasteiger partial charge in [-0.25, -0.2) is 8.78 Å². The maximum atomic E-state index is 12.4. The number of alkyl halides is 2. The second-order valence-electron chi connectivity index (χ2n) is 2.54. The number of halogens is 3. The Balaban J connectivity index is 3.25. The highest BCUT2D eigenvalue weighted by Gasteiger charge is 2.15. The SMILES string of the molecule is COc1cc(C(F)F)cc(OC)c1Br. The van der Waals surface area contributed by atoms with Crippen LogP contribution < -0.4 is 9.47 Å². The van der Waals surface area contributed by atoms with E-state index < -0.39 is 6.43 Å². The minimum absolute atomic E-state index is 0.123. The van der Waals surface area contributed by atoms with E-state index in [9.17, 15) is 8.78 Å². The van der Waals surface area contributed by atoms with Crippen LogP contribution in [0.15, 0.2) is 16.6 Å². The lowest BCUT2D eigenvalue weighted by atomic mass is 10.2. The normalized spacial score (nSPS) is 10.4. The number of rotatable bonds is 3. The lowest BCUT2D eigenvalue weighted by Gasteiger charge is -2.10. The van der Waals surface area contributed by atoms with E-state index in [1.807, 2.05) is 0 Å². The number of hydrogen-bond donors (Lipinski definition) is 0. The van der Waals surface area contributed by atoms with Crippen LogP contribution in [0.5, 0.6) is 11.5 Å². The smallest absolute Gasteiger partial charge is 0.264 e. The molecule has 0 unspecified atom stereocenters. The standard InChI is InChI=1S/C9H9BrF2O2/c1-13-6-3-5(9(11)12)4-7(14-2)8(6)10/h3-4,9H,1-2H3. The van der Waals surface area contributed by atoms with E-state index in [0.717, 1.165) is 0 Å². The molecule has 0 heterocycles. The van der Waals surface area contributed by atoms with Gasteiger partial charge in [0.2, 0.25) is 0 Å². The van der Waals surface area contributed by atoms with Crippen LogP contribution in [0.2, 0.25) is 0 Å². The van der Waals surface area contributed by atoms with Gasteiger partial charge in [-0.2, -0.15) is 0 Å². The van der Waals surface area contributed by atoms with Crippen molar-refractivity contribution in [3.05, 3.63) is 22.2 Å². The van der Waals surface area contributed by atoms with E-state index in [0.29, 0.717) is 16.0 Å². The van der Waals surface area contributed by atoms with Crippen LogP contribution in [0, 0.1) is 0 Å². The van der Waals surface area contributed by atoms with Gasteiger partial charge in [-0.05, 0) is 28.1 Å². The van der Waals surface area contributed by atoms with Gasteiger partial charge in [-0.1, -0.05) is 0 Å². The van der Waals surface area contributed by atoms with Gasteiger partial charge < -0.3 is 9.47 Å². The van der Waals surface area contributed by atoms with Crippen molar-refractivity contribution in [1.29, 1.82) is 0 Å². The Morgan fingerprint density at radius 3 is 1.86 bits per heavy atom. The molecule has 14 heavy (non-hydrogen) atoms. The van der Waals surface area contributed by atoms with Gasteiger partial charge in [-0.3, -0.25) is 0 Å². The minimum Gasteiger partial charge on any atom is -0.495 e. The topological polar surface area (TPSA) is 18.5 Å². The Hall–Kier alpha value is -0.840. The molecule has 2 nitrogen and oxygen atoms in total. The maximum absolute atomic E-state index is 12.4. The summed E-state index contributed by atoms with van der Waals surface area (Å²) in [6.45, 7) is 0. The largest absolute Gasteiger partial charge is 0.495 e. The number of hydrogen-bond acceptors (Lipinski definition) is 2. The van der Waals surface area contributed by atoms with Crippen LogP contribution >= 0.6 is 15.9 Å². The molecule has 1 aromatic carbocycles. The Morgan fingerprint density at radius 1 is 1.14 bits per heavy atom. The monoisotopic (exact) mass is 266 g/mol. The summed E-state index contributed by atoms with van der Waals surface area (Å²) in [6.07, 6.45) is -2.54. The zero-order valence-electron chi connectivity index (χ0n) is 7.68. The molecule has 5 heteroatoms. The fourth-order valence-electron chi connectivity index (χ4n) is 1.02. The van der Waals surface area contributed by atoms with E-state index in [-0.39, 0.29) is 5.56 Å². The molecule has 0 aliphatic carbocycles. The first kappa shape index (κ1) is 11.2. The van der Waals surface area contributed by atoms with Gasteiger partial charge in [0.05, 0.1) is 14.2 Å². The fourth-order valence-corrected chi connectivity index (χ4v) is 1.57. The molecule has 0 saturated heterocycles. The van der Waals surface area contributed by atoms with Crippen molar-refractivity contribution in [1.82, 2.24) is 0 Å². The van der Waals surface area contributed by atoms with Crippen LogP contribution in [-0.4, -0.2) is 14.2 Å². The highest BCUT2D eigenvalue weighted by Crippen LogP contribution is 2.38. The summed E-state index contributed by atoms with van der Waals surface area (Å²) < 4.78 is 35.2. The van der Waals surface area contributed by atoms with Crippen LogP contribution in [-0.2, 0) is 0 Å². The van der Waals surface area contributed by atoms with E-state index in [2.05, 4.69) is 15.9 Å². The van der Waals surface area contributed by atoms with Crippen molar-refractivity contribution >= 4 is 15.9 Å². The molecule has 0 atom stereocenters. The van der Waals surface area contributed by atoms with Gasteiger partial charge in [0.25, 0.3) is 6.43 Å². The van der Waals surface area contributed by atoms with Gasteiger partial charge in [-0.15, -0.1) is 0 Å².